The maximum absolute atomic E-state index is 12.8. The van der Waals surface area contributed by atoms with Gasteiger partial charge in [0.15, 0.2) is 5.69 Å². The van der Waals surface area contributed by atoms with E-state index in [2.05, 4.69) is 9.72 Å². The topological polar surface area (TPSA) is 39.2 Å². The summed E-state index contributed by atoms with van der Waals surface area (Å²) in [5.74, 6) is -0.0112. The van der Waals surface area contributed by atoms with Crippen molar-refractivity contribution in [3.8, 4) is 0 Å². The minimum absolute atomic E-state index is 0.248. The summed E-state index contributed by atoms with van der Waals surface area (Å²) >= 11 is 3.03. The number of carbonyl (C=O) groups is 1. The third-order valence-electron chi connectivity index (χ3n) is 2.40. The Kier molecular flexibility index (Phi) is 4.55. The lowest BCUT2D eigenvalue weighted by molar-refractivity contribution is 0.0594. The van der Waals surface area contributed by atoms with E-state index in [0.717, 1.165) is 14.8 Å². The number of hydrogen-bond donors (Lipinski definition) is 0. The van der Waals surface area contributed by atoms with Gasteiger partial charge in [0.1, 0.15) is 10.8 Å². The van der Waals surface area contributed by atoms with Crippen LogP contribution < -0.4 is 0 Å². The molecule has 1 heterocycles. The van der Waals surface area contributed by atoms with Crippen LogP contribution in [0.3, 0.4) is 0 Å². The van der Waals surface area contributed by atoms with Gasteiger partial charge in [0, 0.05) is 9.77 Å². The molecule has 0 saturated heterocycles. The van der Waals surface area contributed by atoms with E-state index >= 15 is 0 Å². The quantitative estimate of drug-likeness (QED) is 0.637. The number of thioether (sulfide) groups is 1. The SMILES string of the molecule is COC(=O)c1nc(CSc2ccc(F)cc2)sc1C. The van der Waals surface area contributed by atoms with Crippen molar-refractivity contribution in [1.82, 2.24) is 4.98 Å². The van der Waals surface area contributed by atoms with Gasteiger partial charge in [-0.15, -0.1) is 23.1 Å². The third-order valence-corrected chi connectivity index (χ3v) is 4.57. The molecule has 2 rings (SSSR count). The maximum atomic E-state index is 12.8. The Morgan fingerprint density at radius 1 is 1.42 bits per heavy atom. The molecule has 0 aliphatic carbocycles. The molecule has 0 aliphatic heterocycles. The summed E-state index contributed by atoms with van der Waals surface area (Å²) in [5, 5.41) is 0.854. The fourth-order valence-corrected chi connectivity index (χ4v) is 3.29. The summed E-state index contributed by atoms with van der Waals surface area (Å²) in [4.78, 5) is 17.5. The first kappa shape index (κ1) is 14.0. The second-order valence-corrected chi connectivity index (χ2v) is 6.08. The van der Waals surface area contributed by atoms with E-state index in [4.69, 9.17) is 0 Å². The molecule has 0 atom stereocenters. The first-order chi connectivity index (χ1) is 9.10. The predicted octanol–water partition coefficient (Wildman–Crippen LogP) is 3.67. The zero-order chi connectivity index (χ0) is 13.8. The lowest BCUT2D eigenvalue weighted by atomic mass is 10.4. The number of halogens is 1. The number of aryl methyl sites for hydroxylation is 1. The van der Waals surface area contributed by atoms with Crippen LogP contribution in [0.2, 0.25) is 0 Å². The number of thiazole rings is 1. The van der Waals surface area contributed by atoms with Gasteiger partial charge in [-0.2, -0.15) is 0 Å². The van der Waals surface area contributed by atoms with Crippen LogP contribution in [0.4, 0.5) is 4.39 Å². The molecule has 0 saturated carbocycles. The molecule has 0 aliphatic rings. The monoisotopic (exact) mass is 297 g/mol. The van der Waals surface area contributed by atoms with E-state index in [0.29, 0.717) is 11.4 Å². The molecule has 19 heavy (non-hydrogen) atoms. The summed E-state index contributed by atoms with van der Waals surface area (Å²) in [7, 11) is 1.34. The Morgan fingerprint density at radius 2 is 2.11 bits per heavy atom. The molecule has 0 unspecified atom stereocenters. The van der Waals surface area contributed by atoms with Crippen molar-refractivity contribution < 1.29 is 13.9 Å². The Labute approximate surface area is 118 Å². The van der Waals surface area contributed by atoms with Gasteiger partial charge >= 0.3 is 5.97 Å². The van der Waals surface area contributed by atoms with Crippen molar-refractivity contribution in [2.45, 2.75) is 17.6 Å². The molecule has 1 aromatic heterocycles. The fraction of sp³-hybridized carbons (Fsp3) is 0.231. The largest absolute Gasteiger partial charge is 0.464 e. The number of rotatable bonds is 4. The van der Waals surface area contributed by atoms with E-state index < -0.39 is 5.97 Å². The third kappa shape index (κ3) is 3.54. The number of hydrogen-bond acceptors (Lipinski definition) is 5. The van der Waals surface area contributed by atoms with Crippen LogP contribution in [0.5, 0.6) is 0 Å². The average molecular weight is 297 g/mol. The number of ether oxygens (including phenoxy) is 1. The molecule has 0 bridgehead atoms. The van der Waals surface area contributed by atoms with Gasteiger partial charge in [-0.1, -0.05) is 0 Å². The Balaban J connectivity index is 2.04. The zero-order valence-corrected chi connectivity index (χ0v) is 12.1. The summed E-state index contributed by atoms with van der Waals surface area (Å²) in [6.07, 6.45) is 0. The number of carbonyl (C=O) groups excluding carboxylic acids is 1. The molecule has 3 nitrogen and oxygen atoms in total. The van der Waals surface area contributed by atoms with Crippen molar-refractivity contribution >= 4 is 29.1 Å². The predicted molar refractivity (Wildman–Crippen MR) is 74.2 cm³/mol. The molecule has 2 aromatic rings. The van der Waals surface area contributed by atoms with Crippen LogP contribution in [0, 0.1) is 12.7 Å². The van der Waals surface area contributed by atoms with Crippen molar-refractivity contribution in [2.24, 2.45) is 0 Å². The number of esters is 1. The first-order valence-corrected chi connectivity index (χ1v) is 7.33. The normalized spacial score (nSPS) is 10.5. The maximum Gasteiger partial charge on any atom is 0.357 e. The molecule has 0 spiro atoms. The number of methoxy groups -OCH3 is 1. The van der Waals surface area contributed by atoms with Gasteiger partial charge < -0.3 is 4.74 Å². The van der Waals surface area contributed by atoms with Gasteiger partial charge in [0.2, 0.25) is 0 Å². The summed E-state index contributed by atoms with van der Waals surface area (Å²) < 4.78 is 17.4. The van der Waals surface area contributed by atoms with E-state index in [9.17, 15) is 9.18 Å². The molecular formula is C13H12FNO2S2. The van der Waals surface area contributed by atoms with Crippen LogP contribution in [-0.4, -0.2) is 18.1 Å². The van der Waals surface area contributed by atoms with Crippen LogP contribution in [-0.2, 0) is 10.5 Å². The lowest BCUT2D eigenvalue weighted by Crippen LogP contribution is -2.03. The highest BCUT2D eigenvalue weighted by molar-refractivity contribution is 7.98. The van der Waals surface area contributed by atoms with Crippen molar-refractivity contribution in [3.05, 3.63) is 45.7 Å². The number of nitrogens with zero attached hydrogens (tertiary/aromatic N) is 1. The molecule has 100 valence electrons. The molecular weight excluding hydrogens is 285 g/mol. The van der Waals surface area contributed by atoms with Gasteiger partial charge in [-0.3, -0.25) is 0 Å². The molecule has 0 radical (unpaired) electrons. The standard InChI is InChI=1S/C13H12FNO2S2/c1-8-12(13(16)17-2)15-11(19-8)7-18-10-5-3-9(14)4-6-10/h3-6H,7H2,1-2H3. The number of aromatic nitrogens is 1. The summed E-state index contributed by atoms with van der Waals surface area (Å²) in [5.41, 5.74) is 0.377. The highest BCUT2D eigenvalue weighted by Crippen LogP contribution is 2.27. The summed E-state index contributed by atoms with van der Waals surface area (Å²) in [6, 6.07) is 6.30. The Morgan fingerprint density at radius 3 is 2.74 bits per heavy atom. The van der Waals surface area contributed by atoms with Crippen molar-refractivity contribution in [2.75, 3.05) is 7.11 Å². The molecule has 6 heteroatoms. The smallest absolute Gasteiger partial charge is 0.357 e. The van der Waals surface area contributed by atoms with E-state index in [1.54, 1.807) is 23.9 Å². The summed E-state index contributed by atoms with van der Waals surface area (Å²) in [6.45, 7) is 1.84. The van der Waals surface area contributed by atoms with E-state index in [-0.39, 0.29) is 5.82 Å². The Bertz CT molecular complexity index is 581. The Hall–Kier alpha value is -1.40. The van der Waals surface area contributed by atoms with Gasteiger partial charge in [-0.05, 0) is 31.2 Å². The average Bonchev–Trinajstić information content (AvgIpc) is 2.78. The zero-order valence-electron chi connectivity index (χ0n) is 10.5. The number of benzene rings is 1. The second kappa shape index (κ2) is 6.16. The van der Waals surface area contributed by atoms with Crippen molar-refractivity contribution in [3.63, 3.8) is 0 Å². The lowest BCUT2D eigenvalue weighted by Gasteiger charge is -1.98. The minimum atomic E-state index is -0.410. The van der Waals surface area contributed by atoms with Crippen LogP contribution in [0.25, 0.3) is 0 Å². The van der Waals surface area contributed by atoms with Gasteiger partial charge in [0.05, 0.1) is 12.9 Å². The first-order valence-electron chi connectivity index (χ1n) is 5.53. The molecule has 1 aromatic carbocycles. The van der Waals surface area contributed by atoms with Crippen molar-refractivity contribution in [1.29, 1.82) is 0 Å². The van der Waals surface area contributed by atoms with Crippen LogP contribution >= 0.6 is 23.1 Å². The van der Waals surface area contributed by atoms with Crippen LogP contribution in [0.15, 0.2) is 29.2 Å². The van der Waals surface area contributed by atoms with Crippen LogP contribution in [0.1, 0.15) is 20.4 Å². The fourth-order valence-electron chi connectivity index (χ4n) is 1.47. The second-order valence-electron chi connectivity index (χ2n) is 3.75. The van der Waals surface area contributed by atoms with Gasteiger partial charge in [-0.25, -0.2) is 14.2 Å². The minimum Gasteiger partial charge on any atom is -0.464 e. The molecule has 0 amide bonds. The highest BCUT2D eigenvalue weighted by atomic mass is 32.2. The van der Waals surface area contributed by atoms with E-state index in [1.807, 2.05) is 6.92 Å². The molecule has 0 fully saturated rings. The van der Waals surface area contributed by atoms with E-state index in [1.165, 1.54) is 30.6 Å². The van der Waals surface area contributed by atoms with Gasteiger partial charge in [0.25, 0.3) is 0 Å². The highest BCUT2D eigenvalue weighted by Gasteiger charge is 2.15. The molecule has 0 N–H and O–H groups in total.